The third-order valence-corrected chi connectivity index (χ3v) is 5.11. The molecule has 0 fully saturated rings. The first kappa shape index (κ1) is 26.3. The summed E-state index contributed by atoms with van der Waals surface area (Å²) >= 11 is 0. The van der Waals surface area contributed by atoms with Crippen LogP contribution in [0.1, 0.15) is 30.5 Å². The zero-order valence-corrected chi connectivity index (χ0v) is 19.6. The van der Waals surface area contributed by atoms with Gasteiger partial charge in [-0.25, -0.2) is 4.98 Å². The molecule has 1 aromatic heterocycles. The van der Waals surface area contributed by atoms with E-state index in [2.05, 4.69) is 15.6 Å². The van der Waals surface area contributed by atoms with E-state index in [1.165, 1.54) is 12.3 Å². The Morgan fingerprint density at radius 3 is 2.42 bits per heavy atom. The zero-order valence-electron chi connectivity index (χ0n) is 19.6. The number of alkyl halides is 3. The fraction of sp³-hybridized carbons (Fsp3) is 0.250. The third-order valence-electron chi connectivity index (χ3n) is 5.11. The number of nitrogen functional groups attached to an aromatic ring is 2. The number of hydrogen-bond acceptors (Lipinski definition) is 6. The van der Waals surface area contributed by atoms with Gasteiger partial charge in [0.2, 0.25) is 5.91 Å². The van der Waals surface area contributed by atoms with Gasteiger partial charge in [0.15, 0.2) is 5.82 Å². The molecule has 0 saturated carbocycles. The van der Waals surface area contributed by atoms with Crippen LogP contribution >= 0.6 is 0 Å². The predicted octanol–water partition coefficient (Wildman–Crippen LogP) is 2.93. The molecule has 0 unspecified atom stereocenters. The van der Waals surface area contributed by atoms with E-state index in [0.29, 0.717) is 5.56 Å². The molecule has 3 rings (SSSR count). The minimum atomic E-state index is -4.66. The standard InChI is InChI=1S/C24H26F3N7O2/c1-13(2)33-22-23(36)34(12-20(35)31-10-14-3-5-15(6-4-14)21(29)30)19(11-32-22)16-7-17(24(25,26)27)9-18(28)8-16/h3-9,11,13H,10,12,28H2,1-2H3,(H3,29,30)(H,31,35)(H,32,33). The molecule has 12 heteroatoms. The van der Waals surface area contributed by atoms with Crippen LogP contribution in [0.3, 0.4) is 0 Å². The zero-order chi connectivity index (χ0) is 26.6. The number of hydrogen-bond donors (Lipinski definition) is 5. The van der Waals surface area contributed by atoms with Crippen LogP contribution < -0.4 is 27.7 Å². The molecule has 0 aliphatic heterocycles. The molecule has 190 valence electrons. The van der Waals surface area contributed by atoms with Crippen LogP contribution in [-0.4, -0.2) is 27.3 Å². The molecule has 1 amide bonds. The van der Waals surface area contributed by atoms with Gasteiger partial charge >= 0.3 is 6.18 Å². The van der Waals surface area contributed by atoms with Crippen molar-refractivity contribution in [2.45, 2.75) is 39.2 Å². The Hall–Kier alpha value is -4.35. The maximum atomic E-state index is 13.4. The van der Waals surface area contributed by atoms with E-state index in [1.54, 1.807) is 38.1 Å². The fourth-order valence-electron chi connectivity index (χ4n) is 3.41. The molecule has 0 spiro atoms. The lowest BCUT2D eigenvalue weighted by Crippen LogP contribution is -2.35. The highest BCUT2D eigenvalue weighted by Gasteiger charge is 2.31. The number of benzene rings is 2. The van der Waals surface area contributed by atoms with Crippen LogP contribution in [0.2, 0.25) is 0 Å². The van der Waals surface area contributed by atoms with Crippen LogP contribution in [0, 0.1) is 5.41 Å². The van der Waals surface area contributed by atoms with Crippen molar-refractivity contribution in [2.24, 2.45) is 5.73 Å². The van der Waals surface area contributed by atoms with Gasteiger partial charge in [-0.1, -0.05) is 24.3 Å². The summed E-state index contributed by atoms with van der Waals surface area (Å²) in [6.07, 6.45) is -3.42. The van der Waals surface area contributed by atoms with Gasteiger partial charge in [-0.3, -0.25) is 19.6 Å². The number of nitrogens with zero attached hydrogens (tertiary/aromatic N) is 2. The normalized spacial score (nSPS) is 11.4. The van der Waals surface area contributed by atoms with Crippen LogP contribution in [0.4, 0.5) is 24.7 Å². The monoisotopic (exact) mass is 501 g/mol. The summed E-state index contributed by atoms with van der Waals surface area (Å²) in [7, 11) is 0. The SMILES string of the molecule is CC(C)Nc1ncc(-c2cc(N)cc(C(F)(F)F)c2)n(CC(=O)NCc2ccc(C(=N)N)cc2)c1=O. The van der Waals surface area contributed by atoms with Gasteiger partial charge in [0.25, 0.3) is 5.56 Å². The topological polar surface area (TPSA) is 152 Å². The smallest absolute Gasteiger partial charge is 0.399 e. The van der Waals surface area contributed by atoms with E-state index in [1.807, 2.05) is 0 Å². The Morgan fingerprint density at radius 2 is 1.83 bits per heavy atom. The summed E-state index contributed by atoms with van der Waals surface area (Å²) < 4.78 is 41.1. The van der Waals surface area contributed by atoms with Crippen molar-refractivity contribution in [3.05, 3.63) is 75.7 Å². The van der Waals surface area contributed by atoms with Gasteiger partial charge in [-0.15, -0.1) is 0 Å². The highest BCUT2D eigenvalue weighted by atomic mass is 19.4. The number of carbonyl (C=O) groups excluding carboxylic acids is 1. The molecule has 0 atom stereocenters. The number of amides is 1. The molecule has 0 aliphatic rings. The number of anilines is 2. The number of rotatable bonds is 8. The summed E-state index contributed by atoms with van der Waals surface area (Å²) in [5.41, 5.74) is 10.6. The Balaban J connectivity index is 1.94. The van der Waals surface area contributed by atoms with Crippen molar-refractivity contribution in [1.29, 1.82) is 5.41 Å². The Kier molecular flexibility index (Phi) is 7.66. The van der Waals surface area contributed by atoms with Crippen LogP contribution in [-0.2, 0) is 24.1 Å². The lowest BCUT2D eigenvalue weighted by atomic mass is 10.1. The molecule has 9 nitrogen and oxygen atoms in total. The number of nitrogens with one attached hydrogen (secondary N) is 3. The van der Waals surface area contributed by atoms with E-state index in [-0.39, 0.29) is 41.2 Å². The van der Waals surface area contributed by atoms with Crippen molar-refractivity contribution in [3.63, 3.8) is 0 Å². The van der Waals surface area contributed by atoms with Gasteiger partial charge in [-0.2, -0.15) is 13.2 Å². The average molecular weight is 502 g/mol. The molecule has 0 aliphatic carbocycles. The Labute approximate surface area is 204 Å². The summed E-state index contributed by atoms with van der Waals surface area (Å²) in [5.74, 6) is -0.673. The maximum Gasteiger partial charge on any atom is 0.416 e. The third kappa shape index (κ3) is 6.40. The average Bonchev–Trinajstić information content (AvgIpc) is 2.79. The summed E-state index contributed by atoms with van der Waals surface area (Å²) in [4.78, 5) is 30.0. The highest BCUT2D eigenvalue weighted by Crippen LogP contribution is 2.34. The van der Waals surface area contributed by atoms with Crippen LogP contribution in [0.5, 0.6) is 0 Å². The Morgan fingerprint density at radius 1 is 1.17 bits per heavy atom. The van der Waals surface area contributed by atoms with E-state index < -0.39 is 29.8 Å². The molecule has 1 heterocycles. The van der Waals surface area contributed by atoms with E-state index in [4.69, 9.17) is 16.9 Å². The molecule has 0 radical (unpaired) electrons. The fourth-order valence-corrected chi connectivity index (χ4v) is 3.41. The number of aromatic nitrogens is 2. The molecule has 0 bridgehead atoms. The Bertz CT molecular complexity index is 1330. The second kappa shape index (κ2) is 10.5. The van der Waals surface area contributed by atoms with Gasteiger partial charge in [-0.05, 0) is 37.6 Å². The molecular weight excluding hydrogens is 475 g/mol. The summed E-state index contributed by atoms with van der Waals surface area (Å²) in [5, 5.41) is 13.0. The molecule has 36 heavy (non-hydrogen) atoms. The van der Waals surface area contributed by atoms with Crippen molar-refractivity contribution in [1.82, 2.24) is 14.9 Å². The molecular formula is C24H26F3N7O2. The first-order valence-corrected chi connectivity index (χ1v) is 10.9. The van der Waals surface area contributed by atoms with Gasteiger partial charge < -0.3 is 22.1 Å². The minimum absolute atomic E-state index is 0.00403. The number of halogens is 3. The number of amidine groups is 1. The van der Waals surface area contributed by atoms with Gasteiger partial charge in [0.05, 0.1) is 17.5 Å². The molecule has 7 N–H and O–H groups in total. The van der Waals surface area contributed by atoms with Crippen molar-refractivity contribution >= 4 is 23.2 Å². The van der Waals surface area contributed by atoms with E-state index in [9.17, 15) is 22.8 Å². The van der Waals surface area contributed by atoms with Crippen molar-refractivity contribution < 1.29 is 18.0 Å². The van der Waals surface area contributed by atoms with Gasteiger partial charge in [0, 0.05) is 29.4 Å². The summed E-state index contributed by atoms with van der Waals surface area (Å²) in [6, 6.07) is 9.43. The van der Waals surface area contributed by atoms with Crippen LogP contribution in [0.25, 0.3) is 11.3 Å². The first-order valence-electron chi connectivity index (χ1n) is 10.9. The number of carbonyl (C=O) groups is 1. The van der Waals surface area contributed by atoms with Crippen LogP contribution in [0.15, 0.2) is 53.5 Å². The second-order valence-corrected chi connectivity index (χ2v) is 8.41. The first-order chi connectivity index (χ1) is 16.8. The molecule has 3 aromatic rings. The summed E-state index contributed by atoms with van der Waals surface area (Å²) in [6.45, 7) is 3.23. The maximum absolute atomic E-state index is 13.4. The number of nitrogens with two attached hydrogens (primary N) is 2. The molecule has 2 aromatic carbocycles. The minimum Gasteiger partial charge on any atom is -0.399 e. The lowest BCUT2D eigenvalue weighted by Gasteiger charge is -2.17. The quantitative estimate of drug-likeness (QED) is 0.182. The lowest BCUT2D eigenvalue weighted by molar-refractivity contribution is -0.137. The molecule has 0 saturated heterocycles. The van der Waals surface area contributed by atoms with E-state index >= 15 is 0 Å². The van der Waals surface area contributed by atoms with E-state index in [0.717, 1.165) is 22.3 Å². The largest absolute Gasteiger partial charge is 0.416 e. The van der Waals surface area contributed by atoms with Crippen molar-refractivity contribution in [3.8, 4) is 11.3 Å². The van der Waals surface area contributed by atoms with Crippen molar-refractivity contribution in [2.75, 3.05) is 11.1 Å². The highest BCUT2D eigenvalue weighted by molar-refractivity contribution is 5.94. The second-order valence-electron chi connectivity index (χ2n) is 8.41. The predicted molar refractivity (Wildman–Crippen MR) is 131 cm³/mol. The van der Waals surface area contributed by atoms with Gasteiger partial charge in [0.1, 0.15) is 12.4 Å².